The summed E-state index contributed by atoms with van der Waals surface area (Å²) in [6.07, 6.45) is 4.38. The first-order chi connectivity index (χ1) is 9.91. The number of carboxylic acids is 2. The van der Waals surface area contributed by atoms with Crippen LogP contribution in [0.2, 0.25) is 0 Å². The molecule has 0 saturated carbocycles. The second-order valence-corrected chi connectivity index (χ2v) is 4.59. The normalized spacial score (nSPS) is 9.45. The molecule has 0 bridgehead atoms. The van der Waals surface area contributed by atoms with Crippen LogP contribution in [0.15, 0.2) is 0 Å². The van der Waals surface area contributed by atoms with Crippen molar-refractivity contribution in [1.82, 2.24) is 10.6 Å². The summed E-state index contributed by atoms with van der Waals surface area (Å²) in [5, 5.41) is 23.0. The van der Waals surface area contributed by atoms with Crippen LogP contribution in [0.4, 0.5) is 0 Å². The van der Waals surface area contributed by atoms with E-state index in [0.717, 1.165) is 19.3 Å². The van der Waals surface area contributed by atoms with Gasteiger partial charge in [0.2, 0.25) is 11.8 Å². The van der Waals surface area contributed by atoms with Crippen LogP contribution in [0.1, 0.15) is 44.9 Å². The zero-order valence-electron chi connectivity index (χ0n) is 12.9. The molecule has 0 saturated heterocycles. The Morgan fingerprint density at radius 2 is 1.18 bits per heavy atom. The number of rotatable bonds is 12. The second kappa shape index (κ2) is 15.4. The van der Waals surface area contributed by atoms with Crippen molar-refractivity contribution in [3.8, 4) is 0 Å². The van der Waals surface area contributed by atoms with Crippen LogP contribution in [0, 0.1) is 0 Å². The molecule has 0 rings (SSSR count). The number of nitrogens with one attached hydrogen (secondary N) is 2. The third-order valence-corrected chi connectivity index (χ3v) is 2.67. The van der Waals surface area contributed by atoms with Crippen molar-refractivity contribution in [1.29, 1.82) is 0 Å². The molecule has 22 heavy (non-hydrogen) atoms. The summed E-state index contributed by atoms with van der Waals surface area (Å²) in [5.74, 6) is -2.98. The maximum absolute atomic E-state index is 11.2. The minimum Gasteiger partial charge on any atom is -0.548 e. The van der Waals surface area contributed by atoms with E-state index in [-0.39, 0.29) is 76.2 Å². The molecular formula is C13H21KN2O6. The Kier molecular flexibility index (Phi) is 16.7. The minimum atomic E-state index is -1.32. The summed E-state index contributed by atoms with van der Waals surface area (Å²) >= 11 is 0. The van der Waals surface area contributed by atoms with E-state index in [1.165, 1.54) is 0 Å². The molecule has 0 radical (unpaired) electrons. The van der Waals surface area contributed by atoms with Crippen molar-refractivity contribution in [2.45, 2.75) is 44.9 Å². The molecule has 0 fully saturated rings. The molecule has 8 nitrogen and oxygen atoms in total. The zero-order chi connectivity index (χ0) is 16.1. The first-order valence-corrected chi connectivity index (χ1v) is 6.87. The third-order valence-electron chi connectivity index (χ3n) is 2.67. The first-order valence-electron chi connectivity index (χ1n) is 6.87. The number of carboxylic acid groups (broad SMARTS) is 2. The van der Waals surface area contributed by atoms with Crippen molar-refractivity contribution < 1.29 is 80.8 Å². The van der Waals surface area contributed by atoms with E-state index in [1.807, 2.05) is 0 Å². The smallest absolute Gasteiger partial charge is 0.548 e. The number of aliphatic carboxylic acids is 2. The van der Waals surface area contributed by atoms with E-state index in [0.29, 0.717) is 19.3 Å². The van der Waals surface area contributed by atoms with Gasteiger partial charge >= 0.3 is 57.4 Å². The molecule has 0 spiro atoms. The summed E-state index contributed by atoms with van der Waals surface area (Å²) in [7, 11) is 0. The molecule has 0 aromatic rings. The van der Waals surface area contributed by atoms with Crippen LogP contribution < -0.4 is 67.1 Å². The summed E-state index contributed by atoms with van der Waals surface area (Å²) in [4.78, 5) is 42.6. The van der Waals surface area contributed by atoms with Crippen molar-refractivity contribution in [2.75, 3.05) is 13.1 Å². The summed E-state index contributed by atoms with van der Waals surface area (Å²) < 4.78 is 0. The average molecular weight is 340 g/mol. The second-order valence-electron chi connectivity index (χ2n) is 4.59. The molecule has 3 N–H and O–H groups in total. The maximum Gasteiger partial charge on any atom is 1.00 e. The van der Waals surface area contributed by atoms with Gasteiger partial charge in [-0.2, -0.15) is 0 Å². The standard InChI is InChI=1S/C13H22N2O6.K/c16-10(14-8-12(18)19)6-4-2-1-3-5-7-11(17)15-9-13(20)21;/h1-9H2,(H,14,16)(H,15,17)(H,18,19)(H,20,21);/q;+1/p-1. The predicted octanol–water partition coefficient (Wildman–Crippen LogP) is -4.21. The van der Waals surface area contributed by atoms with Gasteiger partial charge in [-0.05, 0) is 12.8 Å². The zero-order valence-corrected chi connectivity index (χ0v) is 16.0. The molecule has 9 heteroatoms. The Morgan fingerprint density at radius 3 is 1.59 bits per heavy atom. The number of amides is 2. The molecule has 0 aromatic carbocycles. The van der Waals surface area contributed by atoms with Crippen molar-refractivity contribution in [3.63, 3.8) is 0 Å². The molecule has 0 aliphatic heterocycles. The maximum atomic E-state index is 11.2. The van der Waals surface area contributed by atoms with Gasteiger partial charge in [-0.15, -0.1) is 0 Å². The van der Waals surface area contributed by atoms with E-state index in [2.05, 4.69) is 10.6 Å². The number of unbranched alkanes of at least 4 members (excludes halogenated alkanes) is 4. The fourth-order valence-corrected chi connectivity index (χ4v) is 1.62. The Morgan fingerprint density at radius 1 is 0.773 bits per heavy atom. The number of carbonyl (C=O) groups is 4. The van der Waals surface area contributed by atoms with Crippen LogP contribution >= 0.6 is 0 Å². The van der Waals surface area contributed by atoms with Crippen molar-refractivity contribution in [2.24, 2.45) is 0 Å². The van der Waals surface area contributed by atoms with Gasteiger partial charge in [0.15, 0.2) is 0 Å². The van der Waals surface area contributed by atoms with Crippen LogP contribution in [0.3, 0.4) is 0 Å². The average Bonchev–Trinajstić information content (AvgIpc) is 2.41. The van der Waals surface area contributed by atoms with Gasteiger partial charge in [-0.1, -0.05) is 19.3 Å². The van der Waals surface area contributed by atoms with Crippen LogP contribution in [-0.4, -0.2) is 41.9 Å². The van der Waals surface area contributed by atoms with Crippen LogP contribution in [-0.2, 0) is 19.2 Å². The van der Waals surface area contributed by atoms with Crippen molar-refractivity contribution >= 4 is 23.8 Å². The molecule has 0 unspecified atom stereocenters. The van der Waals surface area contributed by atoms with E-state index in [9.17, 15) is 24.3 Å². The van der Waals surface area contributed by atoms with Gasteiger partial charge in [0.05, 0.1) is 12.5 Å². The monoisotopic (exact) mass is 340 g/mol. The Labute approximate surface area is 171 Å². The fourth-order valence-electron chi connectivity index (χ4n) is 1.62. The Bertz CT molecular complexity index is 342. The van der Waals surface area contributed by atoms with Gasteiger partial charge in [0, 0.05) is 12.8 Å². The molecule has 0 aromatic heterocycles. The van der Waals surface area contributed by atoms with Gasteiger partial charge in [-0.3, -0.25) is 14.4 Å². The number of carbonyl (C=O) groups excluding carboxylic acids is 3. The van der Waals surface area contributed by atoms with Crippen LogP contribution in [0.25, 0.3) is 0 Å². The molecule has 0 aliphatic rings. The molecule has 0 aliphatic carbocycles. The third kappa shape index (κ3) is 17.6. The van der Waals surface area contributed by atoms with E-state index in [1.54, 1.807) is 0 Å². The summed E-state index contributed by atoms with van der Waals surface area (Å²) in [6.45, 7) is -0.829. The summed E-state index contributed by atoms with van der Waals surface area (Å²) in [6, 6.07) is 0. The van der Waals surface area contributed by atoms with E-state index in [4.69, 9.17) is 5.11 Å². The topological polar surface area (TPSA) is 136 Å². The van der Waals surface area contributed by atoms with Gasteiger partial charge in [-0.25, -0.2) is 0 Å². The Balaban J connectivity index is 0. The number of hydrogen-bond acceptors (Lipinski definition) is 5. The van der Waals surface area contributed by atoms with Gasteiger partial charge in [0.25, 0.3) is 0 Å². The quantitative estimate of drug-likeness (QED) is 0.243. The number of hydrogen-bond donors (Lipinski definition) is 3. The molecular weight excluding hydrogens is 319 g/mol. The fraction of sp³-hybridized carbons (Fsp3) is 0.692. The molecule has 0 atom stereocenters. The molecule has 120 valence electrons. The SMILES string of the molecule is O=C([O-])CNC(=O)CCCCCCCC(=O)NCC(=O)O.[K+]. The predicted molar refractivity (Wildman–Crippen MR) is 71.0 cm³/mol. The summed E-state index contributed by atoms with van der Waals surface area (Å²) in [5.41, 5.74) is 0. The van der Waals surface area contributed by atoms with Gasteiger partial charge < -0.3 is 25.6 Å². The van der Waals surface area contributed by atoms with Crippen molar-refractivity contribution in [3.05, 3.63) is 0 Å². The van der Waals surface area contributed by atoms with Gasteiger partial charge in [0.1, 0.15) is 6.54 Å². The van der Waals surface area contributed by atoms with E-state index < -0.39 is 18.5 Å². The molecule has 2 amide bonds. The molecule has 0 heterocycles. The first kappa shape index (κ1) is 23.8. The largest absolute Gasteiger partial charge is 1.00 e. The van der Waals surface area contributed by atoms with E-state index >= 15 is 0 Å². The Hall–Kier alpha value is -0.484. The minimum absolute atomic E-state index is 0. The van der Waals surface area contributed by atoms with Crippen LogP contribution in [0.5, 0.6) is 0 Å².